The number of benzene rings is 2. The van der Waals surface area contributed by atoms with E-state index in [1.807, 2.05) is 4.68 Å². The normalized spacial score (nSPS) is 18.1. The third-order valence-electron chi connectivity index (χ3n) is 7.15. The Morgan fingerprint density at radius 2 is 1.88 bits per heavy atom. The number of halogens is 1. The molecule has 0 radical (unpaired) electrons. The molecule has 2 fully saturated rings. The molecule has 0 unspecified atom stereocenters. The van der Waals surface area contributed by atoms with Crippen LogP contribution in [0.25, 0.3) is 28.3 Å². The maximum atomic E-state index is 13.4. The molecule has 4 aromatic rings. The molecule has 7 nitrogen and oxygen atoms in total. The molecule has 0 amide bonds. The Kier molecular flexibility index (Phi) is 3.67. The van der Waals surface area contributed by atoms with E-state index in [0.717, 1.165) is 48.7 Å². The molecular weight excluding hydrogens is 405 g/mol. The van der Waals surface area contributed by atoms with Crippen LogP contribution in [0.15, 0.2) is 54.7 Å². The molecule has 2 aromatic heterocycles. The van der Waals surface area contributed by atoms with E-state index < -0.39 is 0 Å². The first-order chi connectivity index (χ1) is 15.7. The largest absolute Gasteiger partial charge is 0.370 e. The van der Waals surface area contributed by atoms with Crippen molar-refractivity contribution in [2.45, 2.75) is 13.0 Å². The number of hydrogen-bond donors (Lipinski definition) is 1. The molecule has 3 aliphatic heterocycles. The van der Waals surface area contributed by atoms with Crippen LogP contribution in [0.3, 0.4) is 0 Å². The minimum atomic E-state index is -0.235. The molecule has 0 atom stereocenters. The van der Waals surface area contributed by atoms with Crippen LogP contribution in [-0.4, -0.2) is 51.0 Å². The molecular formula is C24H22FN7. The van der Waals surface area contributed by atoms with Crippen LogP contribution in [-0.2, 0) is 6.54 Å². The van der Waals surface area contributed by atoms with Gasteiger partial charge in [0.15, 0.2) is 0 Å². The summed E-state index contributed by atoms with van der Waals surface area (Å²) < 4.78 is 17.4. The van der Waals surface area contributed by atoms with Crippen molar-refractivity contribution in [1.29, 1.82) is 0 Å². The lowest BCUT2D eigenvalue weighted by molar-refractivity contribution is 0.243. The Balaban J connectivity index is 1.28. The van der Waals surface area contributed by atoms with Gasteiger partial charge in [-0.3, -0.25) is 0 Å². The van der Waals surface area contributed by atoms with Crippen molar-refractivity contribution in [3.05, 3.63) is 66.1 Å². The zero-order valence-electron chi connectivity index (χ0n) is 17.5. The van der Waals surface area contributed by atoms with Gasteiger partial charge in [0.05, 0.1) is 11.4 Å². The Labute approximate surface area is 184 Å². The first kappa shape index (κ1) is 18.1. The molecule has 160 valence electrons. The Morgan fingerprint density at radius 3 is 2.69 bits per heavy atom. The predicted molar refractivity (Wildman–Crippen MR) is 119 cm³/mol. The van der Waals surface area contributed by atoms with Gasteiger partial charge >= 0.3 is 0 Å². The smallest absolute Gasteiger partial charge is 0.203 e. The monoisotopic (exact) mass is 427 g/mol. The van der Waals surface area contributed by atoms with Crippen molar-refractivity contribution in [1.82, 2.24) is 30.1 Å². The van der Waals surface area contributed by atoms with Gasteiger partial charge in [0.2, 0.25) is 5.82 Å². The lowest BCUT2D eigenvalue weighted by atomic mass is 9.79. The third-order valence-corrected chi connectivity index (χ3v) is 7.15. The number of tetrazole rings is 1. The van der Waals surface area contributed by atoms with E-state index in [2.05, 4.69) is 60.8 Å². The number of nitrogens with zero attached hydrogens (tertiary/aromatic N) is 6. The van der Waals surface area contributed by atoms with Gasteiger partial charge in [-0.05, 0) is 70.9 Å². The fourth-order valence-electron chi connectivity index (χ4n) is 5.43. The van der Waals surface area contributed by atoms with Gasteiger partial charge in [0.25, 0.3) is 0 Å². The first-order valence-electron chi connectivity index (χ1n) is 11.0. The standard InChI is InChI=1S/C24H22FN7/c25-19-3-1-16(2-4-19)17-10-22-23-27-28-29-32(23)21-6-5-20(9-18(21)12-30(22)11-17)31-14-24(15-31)7-8-26-13-24/h1-6,9-11,26H,7-8,12-15H2. The van der Waals surface area contributed by atoms with Gasteiger partial charge in [-0.25, -0.2) is 4.39 Å². The van der Waals surface area contributed by atoms with Crippen LogP contribution >= 0.6 is 0 Å². The molecule has 0 saturated carbocycles. The van der Waals surface area contributed by atoms with Crippen LogP contribution in [0.1, 0.15) is 12.0 Å². The van der Waals surface area contributed by atoms with Gasteiger partial charge in [-0.2, -0.15) is 4.68 Å². The average Bonchev–Trinajstić information content (AvgIpc) is 3.52. The van der Waals surface area contributed by atoms with Crippen LogP contribution < -0.4 is 10.2 Å². The molecule has 2 saturated heterocycles. The summed E-state index contributed by atoms with van der Waals surface area (Å²) in [5.74, 6) is 0.478. The van der Waals surface area contributed by atoms with E-state index in [9.17, 15) is 4.39 Å². The minimum absolute atomic E-state index is 0.235. The van der Waals surface area contributed by atoms with Crippen molar-refractivity contribution in [3.8, 4) is 28.3 Å². The second-order valence-electron chi connectivity index (χ2n) is 9.26. The fraction of sp³-hybridized carbons (Fsp3) is 0.292. The first-order valence-corrected chi connectivity index (χ1v) is 11.0. The fourth-order valence-corrected chi connectivity index (χ4v) is 5.43. The number of aromatic nitrogens is 5. The van der Waals surface area contributed by atoms with Crippen LogP contribution in [0.5, 0.6) is 0 Å². The highest BCUT2D eigenvalue weighted by atomic mass is 19.1. The summed E-state index contributed by atoms with van der Waals surface area (Å²) in [6.07, 6.45) is 3.37. The number of rotatable bonds is 2. The maximum absolute atomic E-state index is 13.4. The van der Waals surface area contributed by atoms with E-state index in [-0.39, 0.29) is 5.82 Å². The second-order valence-corrected chi connectivity index (χ2v) is 9.26. The van der Waals surface area contributed by atoms with Crippen molar-refractivity contribution in [2.75, 3.05) is 31.1 Å². The van der Waals surface area contributed by atoms with Crippen molar-refractivity contribution >= 4 is 5.69 Å². The highest BCUT2D eigenvalue weighted by molar-refractivity contribution is 5.71. The lowest BCUT2D eigenvalue weighted by Crippen LogP contribution is -2.57. The summed E-state index contributed by atoms with van der Waals surface area (Å²) in [5, 5.41) is 16.1. The van der Waals surface area contributed by atoms with Crippen LogP contribution in [0.2, 0.25) is 0 Å². The topological polar surface area (TPSA) is 63.8 Å². The van der Waals surface area contributed by atoms with Crippen molar-refractivity contribution in [2.24, 2.45) is 5.41 Å². The molecule has 3 aliphatic rings. The number of nitrogens with one attached hydrogen (secondary N) is 1. The molecule has 0 bridgehead atoms. The highest BCUT2D eigenvalue weighted by Crippen LogP contribution is 2.40. The summed E-state index contributed by atoms with van der Waals surface area (Å²) in [6.45, 7) is 5.19. The van der Waals surface area contributed by atoms with E-state index in [4.69, 9.17) is 0 Å². The molecule has 7 rings (SSSR count). The Hall–Kier alpha value is -3.52. The number of fused-ring (bicyclic) bond motifs is 5. The molecule has 32 heavy (non-hydrogen) atoms. The van der Waals surface area contributed by atoms with Crippen molar-refractivity contribution < 1.29 is 4.39 Å². The minimum Gasteiger partial charge on any atom is -0.370 e. The zero-order chi connectivity index (χ0) is 21.3. The lowest BCUT2D eigenvalue weighted by Gasteiger charge is -2.49. The Morgan fingerprint density at radius 1 is 1.00 bits per heavy atom. The summed E-state index contributed by atoms with van der Waals surface area (Å²) in [4.78, 5) is 2.47. The third kappa shape index (κ3) is 2.65. The predicted octanol–water partition coefficient (Wildman–Crippen LogP) is 3.10. The molecule has 5 heterocycles. The van der Waals surface area contributed by atoms with E-state index in [1.165, 1.54) is 29.8 Å². The summed E-state index contributed by atoms with van der Waals surface area (Å²) >= 11 is 0. The van der Waals surface area contributed by atoms with E-state index in [0.29, 0.717) is 17.8 Å². The van der Waals surface area contributed by atoms with Crippen molar-refractivity contribution in [3.63, 3.8) is 0 Å². The van der Waals surface area contributed by atoms with Crippen LogP contribution in [0, 0.1) is 11.2 Å². The van der Waals surface area contributed by atoms with Crippen LogP contribution in [0.4, 0.5) is 10.1 Å². The van der Waals surface area contributed by atoms with Gasteiger partial charge in [0, 0.05) is 49.0 Å². The Bertz CT molecular complexity index is 1320. The second kappa shape index (κ2) is 6.49. The van der Waals surface area contributed by atoms with Gasteiger partial charge in [-0.1, -0.05) is 12.1 Å². The van der Waals surface area contributed by atoms with Gasteiger partial charge in [0.1, 0.15) is 5.82 Å². The van der Waals surface area contributed by atoms with E-state index in [1.54, 1.807) is 12.1 Å². The maximum Gasteiger partial charge on any atom is 0.203 e. The number of hydrogen-bond acceptors (Lipinski definition) is 5. The molecule has 2 aromatic carbocycles. The summed E-state index contributed by atoms with van der Waals surface area (Å²) in [6, 6.07) is 15.3. The molecule has 1 spiro atoms. The molecule has 8 heteroatoms. The average molecular weight is 427 g/mol. The quantitative estimate of drug-likeness (QED) is 0.469. The molecule has 0 aliphatic carbocycles. The van der Waals surface area contributed by atoms with E-state index >= 15 is 0 Å². The summed E-state index contributed by atoms with van der Waals surface area (Å²) in [7, 11) is 0. The summed E-state index contributed by atoms with van der Waals surface area (Å²) in [5.41, 5.74) is 6.84. The zero-order valence-corrected chi connectivity index (χ0v) is 17.5. The molecule has 1 N–H and O–H groups in total. The SMILES string of the molecule is Fc1ccc(-c2cc3n(c2)Cc2cc(N4CC5(CCNC5)C4)ccc2-n2nnnc2-3)cc1. The highest BCUT2D eigenvalue weighted by Gasteiger charge is 2.45. The van der Waals surface area contributed by atoms with Gasteiger partial charge < -0.3 is 14.8 Å². The number of anilines is 1. The van der Waals surface area contributed by atoms with Gasteiger partial charge in [-0.15, -0.1) is 5.10 Å².